The van der Waals surface area contributed by atoms with Crippen LogP contribution < -0.4 is 4.74 Å². The zero-order chi connectivity index (χ0) is 18.4. The van der Waals surface area contributed by atoms with E-state index in [0.717, 1.165) is 22.3 Å². The van der Waals surface area contributed by atoms with Gasteiger partial charge in [0, 0.05) is 31.1 Å². The van der Waals surface area contributed by atoms with Crippen LogP contribution in [0.2, 0.25) is 0 Å². The van der Waals surface area contributed by atoms with Crippen LogP contribution in [0.3, 0.4) is 0 Å². The molecule has 0 saturated heterocycles. The SMILES string of the molecule is CCN(C)/C=N/c1cc(Br)c(Oc2ccnc(SC(C)C)n2)cc1C. The molecule has 1 heterocycles. The summed E-state index contributed by atoms with van der Waals surface area (Å²) in [6, 6.07) is 5.67. The van der Waals surface area contributed by atoms with Crippen LogP contribution in [0.25, 0.3) is 0 Å². The highest BCUT2D eigenvalue weighted by Crippen LogP contribution is 2.35. The lowest BCUT2D eigenvalue weighted by Gasteiger charge is -2.12. The summed E-state index contributed by atoms with van der Waals surface area (Å²) >= 11 is 5.17. The summed E-state index contributed by atoms with van der Waals surface area (Å²) in [6.07, 6.45) is 3.54. The summed E-state index contributed by atoms with van der Waals surface area (Å²) in [5, 5.41) is 1.13. The van der Waals surface area contributed by atoms with Crippen molar-refractivity contribution in [2.24, 2.45) is 4.99 Å². The average Bonchev–Trinajstić information content (AvgIpc) is 2.56. The second-order valence-electron chi connectivity index (χ2n) is 5.83. The Kier molecular flexibility index (Phi) is 7.25. The van der Waals surface area contributed by atoms with Crippen molar-refractivity contribution in [1.29, 1.82) is 0 Å². The van der Waals surface area contributed by atoms with E-state index in [1.165, 1.54) is 0 Å². The lowest BCUT2D eigenvalue weighted by molar-refractivity contribution is 0.452. The molecule has 7 heteroatoms. The van der Waals surface area contributed by atoms with Crippen molar-refractivity contribution < 1.29 is 4.74 Å². The largest absolute Gasteiger partial charge is 0.438 e. The number of aliphatic imine (C=N–C) groups is 1. The van der Waals surface area contributed by atoms with E-state index in [9.17, 15) is 0 Å². The Bertz CT molecular complexity index is 752. The first-order chi connectivity index (χ1) is 11.9. The van der Waals surface area contributed by atoms with Crippen molar-refractivity contribution in [1.82, 2.24) is 14.9 Å². The first-order valence-electron chi connectivity index (χ1n) is 8.11. The van der Waals surface area contributed by atoms with Gasteiger partial charge in [0.1, 0.15) is 5.75 Å². The highest BCUT2D eigenvalue weighted by molar-refractivity contribution is 9.10. The van der Waals surface area contributed by atoms with E-state index in [1.54, 1.807) is 24.0 Å². The summed E-state index contributed by atoms with van der Waals surface area (Å²) in [4.78, 5) is 15.2. The maximum atomic E-state index is 5.94. The van der Waals surface area contributed by atoms with Crippen LogP contribution in [0, 0.1) is 6.92 Å². The number of thioether (sulfide) groups is 1. The Hall–Kier alpha value is -1.60. The Labute approximate surface area is 162 Å². The quantitative estimate of drug-likeness (QED) is 0.257. The number of halogens is 1. The van der Waals surface area contributed by atoms with Gasteiger partial charge in [0.05, 0.1) is 16.5 Å². The number of nitrogens with zero attached hydrogens (tertiary/aromatic N) is 4. The molecule has 25 heavy (non-hydrogen) atoms. The molecule has 0 bridgehead atoms. The monoisotopic (exact) mass is 422 g/mol. The molecule has 0 atom stereocenters. The molecule has 0 aliphatic rings. The van der Waals surface area contributed by atoms with E-state index < -0.39 is 0 Å². The molecular weight excluding hydrogens is 400 g/mol. The minimum atomic E-state index is 0.419. The summed E-state index contributed by atoms with van der Waals surface area (Å²) in [7, 11) is 1.99. The first-order valence-corrected chi connectivity index (χ1v) is 9.78. The summed E-state index contributed by atoms with van der Waals surface area (Å²) in [5.74, 6) is 1.24. The summed E-state index contributed by atoms with van der Waals surface area (Å²) in [6.45, 7) is 9.22. The fraction of sp³-hybridized carbons (Fsp3) is 0.389. The third-order valence-corrected chi connectivity index (χ3v) is 4.81. The van der Waals surface area contributed by atoms with E-state index in [0.29, 0.717) is 22.0 Å². The minimum Gasteiger partial charge on any atom is -0.438 e. The van der Waals surface area contributed by atoms with Crippen LogP contribution in [0.4, 0.5) is 5.69 Å². The zero-order valence-corrected chi connectivity index (χ0v) is 17.6. The van der Waals surface area contributed by atoms with Crippen molar-refractivity contribution >= 4 is 39.7 Å². The third kappa shape index (κ3) is 6.01. The number of hydrogen-bond donors (Lipinski definition) is 0. The van der Waals surface area contributed by atoms with E-state index >= 15 is 0 Å². The van der Waals surface area contributed by atoms with Gasteiger partial charge < -0.3 is 9.64 Å². The van der Waals surface area contributed by atoms with Gasteiger partial charge in [-0.05, 0) is 47.5 Å². The van der Waals surface area contributed by atoms with Crippen molar-refractivity contribution in [3.8, 4) is 11.6 Å². The maximum absolute atomic E-state index is 5.94. The number of aromatic nitrogens is 2. The van der Waals surface area contributed by atoms with Gasteiger partial charge in [0.15, 0.2) is 5.16 Å². The van der Waals surface area contributed by atoms with Gasteiger partial charge in [-0.25, -0.2) is 9.98 Å². The molecule has 1 aromatic carbocycles. The number of benzene rings is 1. The Morgan fingerprint density at radius 1 is 1.40 bits per heavy atom. The number of hydrogen-bond acceptors (Lipinski definition) is 5. The van der Waals surface area contributed by atoms with E-state index in [4.69, 9.17) is 4.74 Å². The topological polar surface area (TPSA) is 50.6 Å². The van der Waals surface area contributed by atoms with Gasteiger partial charge in [0.25, 0.3) is 0 Å². The van der Waals surface area contributed by atoms with E-state index in [-0.39, 0.29) is 0 Å². The third-order valence-electron chi connectivity index (χ3n) is 3.31. The molecule has 0 N–H and O–H groups in total. The normalized spacial score (nSPS) is 11.3. The molecular formula is C18H23BrN4OS. The second kappa shape index (κ2) is 9.20. The van der Waals surface area contributed by atoms with Gasteiger partial charge >= 0.3 is 0 Å². The smallest absolute Gasteiger partial charge is 0.223 e. The van der Waals surface area contributed by atoms with Crippen molar-refractivity contribution in [3.05, 3.63) is 34.4 Å². The second-order valence-corrected chi connectivity index (χ2v) is 8.23. The van der Waals surface area contributed by atoms with Crippen LogP contribution in [0.1, 0.15) is 26.3 Å². The molecule has 134 valence electrons. The first kappa shape index (κ1) is 19.7. The average molecular weight is 423 g/mol. The van der Waals surface area contributed by atoms with Crippen LogP contribution in [0.15, 0.2) is 39.0 Å². The predicted molar refractivity (Wildman–Crippen MR) is 108 cm³/mol. The number of aryl methyl sites for hydroxylation is 1. The maximum Gasteiger partial charge on any atom is 0.223 e. The van der Waals surface area contributed by atoms with Crippen LogP contribution in [-0.4, -0.2) is 40.0 Å². The van der Waals surface area contributed by atoms with Crippen molar-refractivity contribution in [3.63, 3.8) is 0 Å². The molecule has 0 aliphatic heterocycles. The van der Waals surface area contributed by atoms with Gasteiger partial charge in [-0.2, -0.15) is 4.98 Å². The standard InChI is InChI=1S/C18H23BrN4OS/c1-6-23(5)11-21-15-10-14(19)16(9-13(15)4)24-17-7-8-20-18(22-17)25-12(2)3/h7-12H,6H2,1-5H3/b21-11+. The van der Waals surface area contributed by atoms with Crippen LogP contribution >= 0.6 is 27.7 Å². The summed E-state index contributed by atoms with van der Waals surface area (Å²) in [5.41, 5.74) is 1.93. The molecule has 0 saturated carbocycles. The molecule has 0 aliphatic carbocycles. The molecule has 5 nitrogen and oxygen atoms in total. The Morgan fingerprint density at radius 2 is 2.16 bits per heavy atom. The van der Waals surface area contributed by atoms with Crippen LogP contribution in [-0.2, 0) is 0 Å². The molecule has 0 fully saturated rings. The van der Waals surface area contributed by atoms with Crippen molar-refractivity contribution in [2.45, 2.75) is 38.1 Å². The van der Waals surface area contributed by atoms with Crippen LogP contribution in [0.5, 0.6) is 11.6 Å². The van der Waals surface area contributed by atoms with Crippen molar-refractivity contribution in [2.75, 3.05) is 13.6 Å². The van der Waals surface area contributed by atoms with Gasteiger partial charge in [-0.15, -0.1) is 0 Å². The highest BCUT2D eigenvalue weighted by atomic mass is 79.9. The number of rotatable bonds is 7. The molecule has 1 aromatic heterocycles. The zero-order valence-electron chi connectivity index (χ0n) is 15.2. The predicted octanol–water partition coefficient (Wildman–Crippen LogP) is 5.45. The Morgan fingerprint density at radius 3 is 2.84 bits per heavy atom. The molecule has 0 radical (unpaired) electrons. The highest BCUT2D eigenvalue weighted by Gasteiger charge is 2.10. The molecule has 2 rings (SSSR count). The molecule has 2 aromatic rings. The van der Waals surface area contributed by atoms with Gasteiger partial charge in [-0.3, -0.25) is 0 Å². The lowest BCUT2D eigenvalue weighted by Crippen LogP contribution is -2.14. The number of ether oxygens (including phenoxy) is 1. The Balaban J connectivity index is 2.21. The minimum absolute atomic E-state index is 0.419. The molecule has 0 spiro atoms. The lowest BCUT2D eigenvalue weighted by atomic mass is 10.2. The van der Waals surface area contributed by atoms with Gasteiger partial charge in [-0.1, -0.05) is 25.6 Å². The molecule has 0 amide bonds. The van der Waals surface area contributed by atoms with E-state index in [1.807, 2.05) is 37.3 Å². The van der Waals surface area contributed by atoms with Gasteiger partial charge in [0.2, 0.25) is 5.88 Å². The summed E-state index contributed by atoms with van der Waals surface area (Å²) < 4.78 is 6.77. The van der Waals surface area contributed by atoms with E-state index in [2.05, 4.69) is 51.7 Å². The fourth-order valence-electron chi connectivity index (χ4n) is 1.87. The fourth-order valence-corrected chi connectivity index (χ4v) is 2.96. The molecule has 0 unspecified atom stereocenters.